The van der Waals surface area contributed by atoms with Gasteiger partial charge in [-0.25, -0.2) is 0 Å². The Bertz CT molecular complexity index is 656. The minimum absolute atomic E-state index is 0.0674. The molecule has 2 aromatic carbocycles. The highest BCUT2D eigenvalue weighted by Crippen LogP contribution is 2.33. The fourth-order valence-electron chi connectivity index (χ4n) is 1.69. The molecule has 2 rings (SSSR count). The van der Waals surface area contributed by atoms with Gasteiger partial charge in [-0.3, -0.25) is 4.79 Å². The predicted octanol–water partition coefficient (Wildman–Crippen LogP) is 4.96. The van der Waals surface area contributed by atoms with Crippen molar-refractivity contribution < 1.29 is 9.90 Å². The van der Waals surface area contributed by atoms with Crippen molar-refractivity contribution >= 4 is 59.4 Å². The molecule has 0 saturated carbocycles. The second-order valence-corrected chi connectivity index (χ2v) is 6.81. The van der Waals surface area contributed by atoms with Crippen molar-refractivity contribution in [2.45, 2.75) is 0 Å². The Morgan fingerprint density at radius 1 is 1.05 bits per heavy atom. The van der Waals surface area contributed by atoms with E-state index in [1.54, 1.807) is 19.2 Å². The van der Waals surface area contributed by atoms with E-state index in [0.29, 0.717) is 4.47 Å². The minimum atomic E-state index is -0.285. The standard InChI is InChI=1S/C14H10Br3NO2/c1-18(10-4-2-8(15)3-5-10)14(20)11-6-9(16)7-12(17)13(11)19/h2-7,19H,1H3. The average Bonchev–Trinajstić information content (AvgIpc) is 2.42. The van der Waals surface area contributed by atoms with Gasteiger partial charge in [0, 0.05) is 21.7 Å². The summed E-state index contributed by atoms with van der Waals surface area (Å²) in [6.45, 7) is 0. The summed E-state index contributed by atoms with van der Waals surface area (Å²) in [5.74, 6) is -0.353. The summed E-state index contributed by atoms with van der Waals surface area (Å²) >= 11 is 9.89. The van der Waals surface area contributed by atoms with Crippen LogP contribution in [-0.4, -0.2) is 18.1 Å². The van der Waals surface area contributed by atoms with Crippen molar-refractivity contribution in [3.8, 4) is 5.75 Å². The van der Waals surface area contributed by atoms with Gasteiger partial charge in [-0.1, -0.05) is 31.9 Å². The number of phenols is 1. The Morgan fingerprint density at radius 2 is 1.65 bits per heavy atom. The van der Waals surface area contributed by atoms with E-state index in [0.717, 1.165) is 14.6 Å². The summed E-state index contributed by atoms with van der Waals surface area (Å²) in [6, 6.07) is 10.6. The van der Waals surface area contributed by atoms with Crippen molar-refractivity contribution in [3.05, 3.63) is 55.4 Å². The van der Waals surface area contributed by atoms with Gasteiger partial charge in [0.15, 0.2) is 0 Å². The molecular formula is C14H10Br3NO2. The number of aromatic hydroxyl groups is 1. The summed E-state index contributed by atoms with van der Waals surface area (Å²) in [4.78, 5) is 14.0. The Morgan fingerprint density at radius 3 is 2.25 bits per heavy atom. The molecule has 0 bridgehead atoms. The van der Waals surface area contributed by atoms with Crippen LogP contribution in [0.25, 0.3) is 0 Å². The third kappa shape index (κ3) is 3.24. The van der Waals surface area contributed by atoms with Gasteiger partial charge in [0.25, 0.3) is 5.91 Å². The molecule has 3 nitrogen and oxygen atoms in total. The van der Waals surface area contributed by atoms with Crippen LogP contribution in [0.5, 0.6) is 5.75 Å². The molecule has 1 amide bonds. The summed E-state index contributed by atoms with van der Waals surface area (Å²) < 4.78 is 2.13. The van der Waals surface area contributed by atoms with Crippen LogP contribution in [0.1, 0.15) is 10.4 Å². The molecule has 104 valence electrons. The first-order chi connectivity index (χ1) is 9.40. The molecule has 0 fully saturated rings. The highest BCUT2D eigenvalue weighted by atomic mass is 79.9. The molecule has 0 radical (unpaired) electrons. The molecule has 0 unspecified atom stereocenters. The van der Waals surface area contributed by atoms with Crippen LogP contribution in [0.4, 0.5) is 5.69 Å². The molecule has 20 heavy (non-hydrogen) atoms. The molecular weight excluding hydrogens is 454 g/mol. The van der Waals surface area contributed by atoms with Crippen LogP contribution in [0.2, 0.25) is 0 Å². The number of rotatable bonds is 2. The van der Waals surface area contributed by atoms with Gasteiger partial charge in [-0.15, -0.1) is 0 Å². The molecule has 0 heterocycles. The van der Waals surface area contributed by atoms with Crippen LogP contribution in [0.3, 0.4) is 0 Å². The molecule has 6 heteroatoms. The summed E-state index contributed by atoms with van der Waals surface area (Å²) in [6.07, 6.45) is 0. The normalized spacial score (nSPS) is 10.4. The minimum Gasteiger partial charge on any atom is -0.506 e. The fourth-order valence-corrected chi connectivity index (χ4v) is 3.18. The zero-order chi connectivity index (χ0) is 14.9. The quantitative estimate of drug-likeness (QED) is 0.684. The van der Waals surface area contributed by atoms with Crippen molar-refractivity contribution in [3.63, 3.8) is 0 Å². The SMILES string of the molecule is CN(C(=O)c1cc(Br)cc(Br)c1O)c1ccc(Br)cc1. The van der Waals surface area contributed by atoms with Gasteiger partial charge in [-0.05, 0) is 52.3 Å². The number of nitrogens with zero attached hydrogens (tertiary/aromatic N) is 1. The number of carbonyl (C=O) groups excluding carboxylic acids is 1. The second kappa shape index (κ2) is 6.28. The third-order valence-electron chi connectivity index (χ3n) is 2.78. The fraction of sp³-hybridized carbons (Fsp3) is 0.0714. The number of halogens is 3. The highest BCUT2D eigenvalue weighted by molar-refractivity contribution is 9.11. The van der Waals surface area contributed by atoms with E-state index in [2.05, 4.69) is 47.8 Å². The number of phenolic OH excluding ortho intramolecular Hbond substituents is 1. The molecule has 0 spiro atoms. The molecule has 0 aliphatic rings. The van der Waals surface area contributed by atoms with Crippen LogP contribution in [0.15, 0.2) is 49.8 Å². The lowest BCUT2D eigenvalue weighted by Gasteiger charge is -2.18. The Labute approximate surface area is 142 Å². The molecule has 0 aromatic heterocycles. The van der Waals surface area contributed by atoms with Gasteiger partial charge >= 0.3 is 0 Å². The van der Waals surface area contributed by atoms with Gasteiger partial charge in [-0.2, -0.15) is 0 Å². The van der Waals surface area contributed by atoms with Crippen LogP contribution >= 0.6 is 47.8 Å². The van der Waals surface area contributed by atoms with E-state index in [1.807, 2.05) is 24.3 Å². The summed E-state index contributed by atoms with van der Waals surface area (Å²) in [5, 5.41) is 10.0. The number of anilines is 1. The number of carbonyl (C=O) groups is 1. The Kier molecular flexibility index (Phi) is 4.88. The molecule has 0 aliphatic carbocycles. The first-order valence-corrected chi connectivity index (χ1v) is 7.99. The number of hydrogen-bond acceptors (Lipinski definition) is 2. The third-order valence-corrected chi connectivity index (χ3v) is 4.37. The van der Waals surface area contributed by atoms with E-state index >= 15 is 0 Å². The topological polar surface area (TPSA) is 40.5 Å². The van der Waals surface area contributed by atoms with E-state index < -0.39 is 0 Å². The lowest BCUT2D eigenvalue weighted by Crippen LogP contribution is -2.26. The lowest BCUT2D eigenvalue weighted by atomic mass is 10.1. The molecule has 2 aromatic rings. The molecule has 0 aliphatic heterocycles. The largest absolute Gasteiger partial charge is 0.506 e. The van der Waals surface area contributed by atoms with E-state index in [-0.39, 0.29) is 17.2 Å². The van der Waals surface area contributed by atoms with E-state index in [4.69, 9.17) is 0 Å². The first kappa shape index (κ1) is 15.5. The zero-order valence-electron chi connectivity index (χ0n) is 10.4. The number of benzene rings is 2. The second-order valence-electron chi connectivity index (χ2n) is 4.12. The average molecular weight is 464 g/mol. The Hall–Kier alpha value is -0.850. The van der Waals surface area contributed by atoms with Crippen molar-refractivity contribution in [2.75, 3.05) is 11.9 Å². The van der Waals surface area contributed by atoms with E-state index in [9.17, 15) is 9.90 Å². The number of hydrogen-bond donors (Lipinski definition) is 1. The smallest absolute Gasteiger partial charge is 0.261 e. The van der Waals surface area contributed by atoms with Crippen molar-refractivity contribution in [2.24, 2.45) is 0 Å². The van der Waals surface area contributed by atoms with E-state index in [1.165, 1.54) is 4.90 Å². The van der Waals surface area contributed by atoms with Crippen LogP contribution in [0, 0.1) is 0 Å². The lowest BCUT2D eigenvalue weighted by molar-refractivity contribution is 0.0990. The van der Waals surface area contributed by atoms with Gasteiger partial charge in [0.1, 0.15) is 5.75 Å². The highest BCUT2D eigenvalue weighted by Gasteiger charge is 2.19. The van der Waals surface area contributed by atoms with Gasteiger partial charge in [0.2, 0.25) is 0 Å². The maximum Gasteiger partial charge on any atom is 0.261 e. The zero-order valence-corrected chi connectivity index (χ0v) is 15.2. The van der Waals surface area contributed by atoms with Crippen LogP contribution < -0.4 is 4.90 Å². The van der Waals surface area contributed by atoms with Crippen molar-refractivity contribution in [1.29, 1.82) is 0 Å². The monoisotopic (exact) mass is 461 g/mol. The summed E-state index contributed by atoms with van der Waals surface area (Å²) in [7, 11) is 1.67. The summed E-state index contributed by atoms with van der Waals surface area (Å²) in [5.41, 5.74) is 0.977. The maximum absolute atomic E-state index is 12.5. The van der Waals surface area contributed by atoms with Crippen LogP contribution in [-0.2, 0) is 0 Å². The maximum atomic E-state index is 12.5. The Balaban J connectivity index is 2.38. The van der Waals surface area contributed by atoms with Crippen molar-refractivity contribution in [1.82, 2.24) is 0 Å². The number of amides is 1. The predicted molar refractivity (Wildman–Crippen MR) is 90.4 cm³/mol. The van der Waals surface area contributed by atoms with Gasteiger partial charge in [0.05, 0.1) is 10.0 Å². The molecule has 0 atom stereocenters. The van der Waals surface area contributed by atoms with Gasteiger partial charge < -0.3 is 10.0 Å². The molecule has 0 saturated heterocycles. The molecule has 1 N–H and O–H groups in total. The first-order valence-electron chi connectivity index (χ1n) is 5.62.